The molecule has 0 unspecified atom stereocenters. The Balaban J connectivity index is 0.00000144. The van der Waals surface area contributed by atoms with Crippen molar-refractivity contribution in [1.29, 1.82) is 0 Å². The Hall–Kier alpha value is -0.240. The van der Waals surface area contributed by atoms with E-state index in [1.165, 1.54) is 0 Å². The minimum Gasteiger partial charge on any atom is -0.394 e. The lowest BCUT2D eigenvalue weighted by Crippen LogP contribution is -2.58. The lowest BCUT2D eigenvalue weighted by Gasteiger charge is -2.37. The number of aliphatic hydroxyl groups is 5. The molecule has 72 valence electrons. The van der Waals surface area contributed by atoms with Crippen LogP contribution in [0.4, 0.5) is 0 Å². The van der Waals surface area contributed by atoms with Crippen molar-refractivity contribution in [2.75, 3.05) is 6.61 Å². The van der Waals surface area contributed by atoms with Crippen molar-refractivity contribution in [1.82, 2.24) is 0 Å². The van der Waals surface area contributed by atoms with Gasteiger partial charge in [-0.15, -0.1) is 0 Å². The van der Waals surface area contributed by atoms with Crippen molar-refractivity contribution < 1.29 is 31.7 Å². The maximum atomic E-state index is 9.12. The summed E-state index contributed by atoms with van der Waals surface area (Å²) in [6.07, 6.45) is -7.04. The van der Waals surface area contributed by atoms with Gasteiger partial charge in [0.15, 0.2) is 6.29 Å². The molecule has 0 aromatic carbocycles. The largest absolute Gasteiger partial charge is 1.00 e. The third-order valence-electron chi connectivity index (χ3n) is 1.87. The highest BCUT2D eigenvalue weighted by Crippen LogP contribution is 2.18. The highest BCUT2D eigenvalue weighted by molar-refractivity contribution is 4.87. The van der Waals surface area contributed by atoms with Gasteiger partial charge < -0.3 is 30.3 Å². The van der Waals surface area contributed by atoms with Crippen LogP contribution in [0, 0.1) is 0 Å². The van der Waals surface area contributed by atoms with E-state index in [0.29, 0.717) is 0 Å². The topological polar surface area (TPSA) is 110 Å². The first-order chi connectivity index (χ1) is 5.57. The molecule has 12 heavy (non-hydrogen) atoms. The molecule has 0 aromatic rings. The zero-order valence-electron chi connectivity index (χ0n) is 7.24. The molecule has 5 atom stereocenters. The van der Waals surface area contributed by atoms with Crippen LogP contribution >= 0.6 is 0 Å². The minimum atomic E-state index is -1.57. The fourth-order valence-corrected chi connectivity index (χ4v) is 1.08. The molecule has 0 spiro atoms. The van der Waals surface area contributed by atoms with E-state index < -0.39 is 37.3 Å². The molecule has 1 heterocycles. The second-order valence-corrected chi connectivity index (χ2v) is 2.72. The first-order valence-electron chi connectivity index (χ1n) is 3.56. The van der Waals surface area contributed by atoms with E-state index in [-0.39, 0.29) is 1.43 Å². The smallest absolute Gasteiger partial charge is 0.394 e. The number of hydrogen-bond donors (Lipinski definition) is 5. The molecular weight excluding hydrogens is 168 g/mol. The van der Waals surface area contributed by atoms with E-state index in [1.54, 1.807) is 0 Å². The molecule has 0 aliphatic carbocycles. The second kappa shape index (κ2) is 3.65. The van der Waals surface area contributed by atoms with E-state index in [2.05, 4.69) is 4.74 Å². The minimum absolute atomic E-state index is 0. The van der Waals surface area contributed by atoms with Crippen LogP contribution in [-0.2, 0) is 4.74 Å². The molecule has 1 rings (SSSR count). The van der Waals surface area contributed by atoms with Gasteiger partial charge in [0.05, 0.1) is 6.61 Å². The number of rotatable bonds is 1. The summed E-state index contributed by atoms with van der Waals surface area (Å²) in [7, 11) is 0. The number of hydrogen-bond acceptors (Lipinski definition) is 6. The quantitative estimate of drug-likeness (QED) is 0.293. The maximum absolute atomic E-state index is 9.12. The van der Waals surface area contributed by atoms with Crippen molar-refractivity contribution >= 4 is 0 Å². The van der Waals surface area contributed by atoms with Crippen molar-refractivity contribution in [2.24, 2.45) is 0 Å². The molecule has 6 nitrogen and oxygen atoms in total. The predicted molar refractivity (Wildman–Crippen MR) is 37.1 cm³/mol. The molecule has 0 amide bonds. The van der Waals surface area contributed by atoms with Gasteiger partial charge in [0.25, 0.3) is 0 Å². The molecule has 0 saturated carbocycles. The molecule has 6 heteroatoms. The van der Waals surface area contributed by atoms with Gasteiger partial charge in [0.1, 0.15) is 24.4 Å². The Morgan fingerprint density at radius 2 is 1.58 bits per heavy atom. The SMILES string of the molecule is OC[C@H]1O[C@@H](O)[C@H](O)[C@@H](O)[C@H]1O.[H+]. The summed E-state index contributed by atoms with van der Waals surface area (Å²) in [5.74, 6) is 0. The van der Waals surface area contributed by atoms with E-state index in [4.69, 9.17) is 25.5 Å². The Kier molecular flexibility index (Phi) is 2.99. The molecule has 1 aliphatic heterocycles. The fraction of sp³-hybridized carbons (Fsp3) is 1.00. The predicted octanol–water partition coefficient (Wildman–Crippen LogP) is -3.11. The lowest BCUT2D eigenvalue weighted by molar-refractivity contribution is -0.286. The summed E-state index contributed by atoms with van der Waals surface area (Å²) in [6.45, 7) is -0.526. The highest BCUT2D eigenvalue weighted by atomic mass is 16.6. The van der Waals surface area contributed by atoms with Gasteiger partial charge in [0.2, 0.25) is 0 Å². The molecule has 1 saturated heterocycles. The Labute approximate surface area is 70.1 Å². The van der Waals surface area contributed by atoms with Crippen molar-refractivity contribution in [2.45, 2.75) is 30.7 Å². The number of aliphatic hydroxyl groups excluding tert-OH is 5. The zero-order chi connectivity index (χ0) is 9.30. The van der Waals surface area contributed by atoms with Crippen LogP contribution in [-0.4, -0.2) is 62.8 Å². The standard InChI is InChI=1S/C6H12O6/c7-1-2-3(8)4(9)5(10)6(11)12-2/h2-11H,1H2/p+1/t2-,3+,4+,5-,6-/m1/s1. The summed E-state index contributed by atoms with van der Waals surface area (Å²) in [4.78, 5) is 0. The van der Waals surface area contributed by atoms with Crippen molar-refractivity contribution in [3.8, 4) is 0 Å². The van der Waals surface area contributed by atoms with Gasteiger partial charge in [-0.25, -0.2) is 0 Å². The van der Waals surface area contributed by atoms with E-state index in [0.717, 1.165) is 0 Å². The molecule has 0 radical (unpaired) electrons. The average Bonchev–Trinajstić information content (AvgIpc) is 2.08. The van der Waals surface area contributed by atoms with Crippen LogP contribution in [0.15, 0.2) is 0 Å². The summed E-state index contributed by atoms with van der Waals surface area (Å²) in [5, 5.41) is 44.7. The zero-order valence-corrected chi connectivity index (χ0v) is 6.24. The third-order valence-corrected chi connectivity index (χ3v) is 1.87. The fourth-order valence-electron chi connectivity index (χ4n) is 1.08. The Morgan fingerprint density at radius 1 is 1.00 bits per heavy atom. The van der Waals surface area contributed by atoms with Crippen LogP contribution in [0.1, 0.15) is 1.43 Å². The summed E-state index contributed by atoms with van der Waals surface area (Å²) in [6, 6.07) is 0. The number of ether oxygens (including phenoxy) is 1. The normalized spacial score (nSPS) is 49.2. The van der Waals surface area contributed by atoms with Gasteiger partial charge >= 0.3 is 1.43 Å². The van der Waals surface area contributed by atoms with Gasteiger partial charge in [-0.3, -0.25) is 0 Å². The Bertz CT molecular complexity index is 151. The van der Waals surface area contributed by atoms with E-state index in [9.17, 15) is 0 Å². The van der Waals surface area contributed by atoms with Crippen molar-refractivity contribution in [3.05, 3.63) is 0 Å². The van der Waals surface area contributed by atoms with Crippen LogP contribution in [0.25, 0.3) is 0 Å². The second-order valence-electron chi connectivity index (χ2n) is 2.72. The van der Waals surface area contributed by atoms with E-state index in [1.807, 2.05) is 0 Å². The van der Waals surface area contributed by atoms with Crippen LogP contribution < -0.4 is 0 Å². The average molecular weight is 181 g/mol. The van der Waals surface area contributed by atoms with Crippen molar-refractivity contribution in [3.63, 3.8) is 0 Å². The molecule has 0 aromatic heterocycles. The molecule has 5 N–H and O–H groups in total. The first-order valence-corrected chi connectivity index (χ1v) is 3.56. The van der Waals surface area contributed by atoms with Gasteiger partial charge in [0, 0.05) is 0 Å². The molecule has 1 fully saturated rings. The van der Waals surface area contributed by atoms with E-state index >= 15 is 0 Å². The van der Waals surface area contributed by atoms with Crippen LogP contribution in [0.5, 0.6) is 0 Å². The third kappa shape index (κ3) is 1.58. The summed E-state index contributed by atoms with van der Waals surface area (Å²) in [5.41, 5.74) is 0. The highest BCUT2D eigenvalue weighted by Gasteiger charge is 2.42. The summed E-state index contributed by atoms with van der Waals surface area (Å²) >= 11 is 0. The monoisotopic (exact) mass is 181 g/mol. The first kappa shape index (κ1) is 9.85. The molecule has 1 aliphatic rings. The van der Waals surface area contributed by atoms with Crippen LogP contribution in [0.2, 0.25) is 0 Å². The molecule has 0 bridgehead atoms. The maximum Gasteiger partial charge on any atom is 1.00 e. The van der Waals surface area contributed by atoms with Crippen LogP contribution in [0.3, 0.4) is 0 Å². The lowest BCUT2D eigenvalue weighted by atomic mass is 10.00. The van der Waals surface area contributed by atoms with Gasteiger partial charge in [-0.2, -0.15) is 0 Å². The van der Waals surface area contributed by atoms with Gasteiger partial charge in [-0.1, -0.05) is 0 Å². The summed E-state index contributed by atoms with van der Waals surface area (Å²) < 4.78 is 4.58. The Morgan fingerprint density at radius 3 is 2.08 bits per heavy atom. The van der Waals surface area contributed by atoms with Gasteiger partial charge in [-0.05, 0) is 0 Å². The molecular formula is C6H13O6+.